The maximum atomic E-state index is 13.3. The summed E-state index contributed by atoms with van der Waals surface area (Å²) in [6.07, 6.45) is 2.76. The molecule has 38 heavy (non-hydrogen) atoms. The number of aliphatic carboxylic acids is 2. The highest BCUT2D eigenvalue weighted by atomic mass is 16.4. The lowest BCUT2D eigenvalue weighted by molar-refractivity contribution is -0.144. The van der Waals surface area contributed by atoms with Gasteiger partial charge in [-0.1, -0.05) is 50.6 Å². The molecule has 2 rings (SSSR count). The van der Waals surface area contributed by atoms with Gasteiger partial charge in [-0.15, -0.1) is 0 Å². The SMILES string of the molecule is CCC(C)C(NC(=O)C(CC(=O)O)NC(=O)C(Cc1ccccc1)NC(=O)C(N)Cc1cnc[nH]1)C(=O)O. The number of hydrogen-bond donors (Lipinski definition) is 7. The van der Waals surface area contributed by atoms with Crippen molar-refractivity contribution in [2.75, 3.05) is 0 Å². The van der Waals surface area contributed by atoms with Gasteiger partial charge in [-0.2, -0.15) is 0 Å². The Labute approximate surface area is 219 Å². The first kappa shape index (κ1) is 30.0. The van der Waals surface area contributed by atoms with Gasteiger partial charge in [0.05, 0.1) is 18.8 Å². The smallest absolute Gasteiger partial charge is 0.326 e. The molecule has 13 heteroatoms. The summed E-state index contributed by atoms with van der Waals surface area (Å²) in [5, 5.41) is 26.1. The largest absolute Gasteiger partial charge is 0.481 e. The summed E-state index contributed by atoms with van der Waals surface area (Å²) >= 11 is 0. The fraction of sp³-hybridized carbons (Fsp3) is 0.440. The Hall–Kier alpha value is -4.26. The quantitative estimate of drug-likeness (QED) is 0.159. The molecule has 206 valence electrons. The van der Waals surface area contributed by atoms with Crippen LogP contribution in [0.1, 0.15) is 37.9 Å². The van der Waals surface area contributed by atoms with Gasteiger partial charge in [0, 0.05) is 24.7 Å². The van der Waals surface area contributed by atoms with Crippen molar-refractivity contribution in [1.29, 1.82) is 0 Å². The molecule has 3 amide bonds. The third kappa shape index (κ3) is 9.32. The van der Waals surface area contributed by atoms with Crippen LogP contribution in [0.2, 0.25) is 0 Å². The highest BCUT2D eigenvalue weighted by molar-refractivity contribution is 5.95. The predicted molar refractivity (Wildman–Crippen MR) is 136 cm³/mol. The number of carboxylic acid groups (broad SMARTS) is 2. The van der Waals surface area contributed by atoms with E-state index in [2.05, 4.69) is 25.9 Å². The highest BCUT2D eigenvalue weighted by Crippen LogP contribution is 2.10. The van der Waals surface area contributed by atoms with Crippen LogP contribution >= 0.6 is 0 Å². The monoisotopic (exact) mass is 530 g/mol. The summed E-state index contributed by atoms with van der Waals surface area (Å²) in [7, 11) is 0. The molecule has 5 unspecified atom stereocenters. The molecule has 0 aliphatic rings. The zero-order chi connectivity index (χ0) is 28.2. The Morgan fingerprint density at radius 1 is 0.947 bits per heavy atom. The normalized spacial score (nSPS) is 14.8. The average molecular weight is 531 g/mol. The van der Waals surface area contributed by atoms with E-state index in [-0.39, 0.29) is 12.8 Å². The number of nitrogens with zero attached hydrogens (tertiary/aromatic N) is 1. The Morgan fingerprint density at radius 2 is 1.58 bits per heavy atom. The first-order valence-electron chi connectivity index (χ1n) is 12.1. The summed E-state index contributed by atoms with van der Waals surface area (Å²) < 4.78 is 0. The van der Waals surface area contributed by atoms with Gasteiger partial charge in [0.25, 0.3) is 0 Å². The molecule has 1 aromatic carbocycles. The van der Waals surface area contributed by atoms with E-state index in [0.717, 1.165) is 0 Å². The Bertz CT molecular complexity index is 1090. The van der Waals surface area contributed by atoms with Crippen LogP contribution in [-0.2, 0) is 36.8 Å². The number of amides is 3. The minimum absolute atomic E-state index is 0.0290. The van der Waals surface area contributed by atoms with Crippen LogP contribution < -0.4 is 21.7 Å². The van der Waals surface area contributed by atoms with E-state index in [9.17, 15) is 34.2 Å². The fourth-order valence-electron chi connectivity index (χ4n) is 3.66. The van der Waals surface area contributed by atoms with Crippen molar-refractivity contribution in [3.63, 3.8) is 0 Å². The number of carboxylic acids is 2. The number of carbonyl (C=O) groups excluding carboxylic acids is 3. The molecule has 0 aliphatic heterocycles. The number of hydrogen-bond acceptors (Lipinski definition) is 7. The Balaban J connectivity index is 2.22. The number of nitrogens with two attached hydrogens (primary N) is 1. The van der Waals surface area contributed by atoms with Crippen molar-refractivity contribution in [2.45, 2.75) is 63.7 Å². The van der Waals surface area contributed by atoms with Gasteiger partial charge < -0.3 is 36.9 Å². The molecule has 0 fully saturated rings. The Morgan fingerprint density at radius 3 is 2.13 bits per heavy atom. The van der Waals surface area contributed by atoms with Crippen molar-refractivity contribution in [2.24, 2.45) is 11.7 Å². The standard InChI is InChI=1S/C25H34N6O7/c1-3-14(2)21(25(37)38)31-24(36)19(11-20(32)33)30-23(35)18(9-15-7-5-4-6-8-15)29-22(34)17(26)10-16-12-27-13-28-16/h4-8,12-14,17-19,21H,3,9-11,26H2,1-2H3,(H,27,28)(H,29,34)(H,30,35)(H,31,36)(H,32,33)(H,37,38). The molecule has 1 aromatic heterocycles. The highest BCUT2D eigenvalue weighted by Gasteiger charge is 2.33. The molecular formula is C25H34N6O7. The molecule has 2 aromatic rings. The summed E-state index contributed by atoms with van der Waals surface area (Å²) in [5.74, 6) is -5.54. The van der Waals surface area contributed by atoms with Gasteiger partial charge in [0.15, 0.2) is 0 Å². The molecule has 13 nitrogen and oxygen atoms in total. The van der Waals surface area contributed by atoms with E-state index in [4.69, 9.17) is 5.73 Å². The second-order valence-electron chi connectivity index (χ2n) is 9.01. The number of H-pyrrole nitrogens is 1. The lowest BCUT2D eigenvalue weighted by atomic mass is 9.98. The molecule has 0 spiro atoms. The van der Waals surface area contributed by atoms with Crippen LogP contribution in [0, 0.1) is 5.92 Å². The van der Waals surface area contributed by atoms with Gasteiger partial charge in [0.2, 0.25) is 17.7 Å². The van der Waals surface area contributed by atoms with E-state index in [1.807, 2.05) is 0 Å². The number of imidazole rings is 1. The van der Waals surface area contributed by atoms with E-state index in [1.165, 1.54) is 12.5 Å². The van der Waals surface area contributed by atoms with Gasteiger partial charge >= 0.3 is 11.9 Å². The number of nitrogens with one attached hydrogen (secondary N) is 4. The molecule has 0 radical (unpaired) electrons. The van der Waals surface area contributed by atoms with Crippen LogP contribution in [-0.4, -0.2) is 74.0 Å². The summed E-state index contributed by atoms with van der Waals surface area (Å²) in [5.41, 5.74) is 7.31. The lowest BCUT2D eigenvalue weighted by Crippen LogP contribution is -2.58. The molecule has 8 N–H and O–H groups in total. The van der Waals surface area contributed by atoms with E-state index in [0.29, 0.717) is 17.7 Å². The maximum absolute atomic E-state index is 13.3. The third-order valence-corrected chi connectivity index (χ3v) is 6.04. The topological polar surface area (TPSA) is 217 Å². The van der Waals surface area contributed by atoms with Crippen LogP contribution in [0.15, 0.2) is 42.9 Å². The Kier molecular flexibility index (Phi) is 11.4. The molecule has 0 saturated carbocycles. The van der Waals surface area contributed by atoms with Crippen LogP contribution in [0.3, 0.4) is 0 Å². The van der Waals surface area contributed by atoms with Gasteiger partial charge in [-0.25, -0.2) is 9.78 Å². The van der Waals surface area contributed by atoms with Crippen molar-refractivity contribution in [3.05, 3.63) is 54.1 Å². The summed E-state index contributed by atoms with van der Waals surface area (Å²) in [4.78, 5) is 68.7. The maximum Gasteiger partial charge on any atom is 0.326 e. The molecule has 5 atom stereocenters. The second kappa shape index (κ2) is 14.5. The molecule has 0 saturated heterocycles. The number of carbonyl (C=O) groups is 5. The van der Waals surface area contributed by atoms with Crippen molar-refractivity contribution in [1.82, 2.24) is 25.9 Å². The predicted octanol–water partition coefficient (Wildman–Crippen LogP) is -0.418. The second-order valence-corrected chi connectivity index (χ2v) is 9.01. The van der Waals surface area contributed by atoms with E-state index < -0.39 is 66.2 Å². The van der Waals surface area contributed by atoms with Gasteiger partial charge in [-0.05, 0) is 11.5 Å². The zero-order valence-electron chi connectivity index (χ0n) is 21.2. The fourth-order valence-corrected chi connectivity index (χ4v) is 3.66. The van der Waals surface area contributed by atoms with Crippen LogP contribution in [0.5, 0.6) is 0 Å². The first-order chi connectivity index (χ1) is 18.0. The van der Waals surface area contributed by atoms with E-state index >= 15 is 0 Å². The molecular weight excluding hydrogens is 496 g/mol. The average Bonchev–Trinajstić information content (AvgIpc) is 3.38. The van der Waals surface area contributed by atoms with E-state index in [1.54, 1.807) is 44.2 Å². The number of aromatic nitrogens is 2. The van der Waals surface area contributed by atoms with Crippen molar-refractivity contribution in [3.8, 4) is 0 Å². The third-order valence-electron chi connectivity index (χ3n) is 6.04. The number of aromatic amines is 1. The van der Waals surface area contributed by atoms with Crippen molar-refractivity contribution < 1.29 is 34.2 Å². The lowest BCUT2D eigenvalue weighted by Gasteiger charge is -2.26. The van der Waals surface area contributed by atoms with Crippen LogP contribution in [0.4, 0.5) is 0 Å². The zero-order valence-corrected chi connectivity index (χ0v) is 21.2. The summed E-state index contributed by atoms with van der Waals surface area (Å²) in [6.45, 7) is 3.37. The summed E-state index contributed by atoms with van der Waals surface area (Å²) in [6, 6.07) is 3.67. The number of rotatable bonds is 15. The van der Waals surface area contributed by atoms with Crippen LogP contribution in [0.25, 0.3) is 0 Å². The molecule has 0 aliphatic carbocycles. The van der Waals surface area contributed by atoms with Gasteiger partial charge in [-0.3, -0.25) is 19.2 Å². The number of benzene rings is 1. The first-order valence-corrected chi connectivity index (χ1v) is 12.1. The minimum atomic E-state index is -1.58. The van der Waals surface area contributed by atoms with Gasteiger partial charge in [0.1, 0.15) is 18.1 Å². The molecule has 1 heterocycles. The minimum Gasteiger partial charge on any atom is -0.481 e. The van der Waals surface area contributed by atoms with Crippen molar-refractivity contribution >= 4 is 29.7 Å². The molecule has 0 bridgehead atoms.